The van der Waals surface area contributed by atoms with Crippen molar-refractivity contribution in [2.45, 2.75) is 6.42 Å². The SMILES string of the molecule is [CH2]c1ccc(CC=O)cc1. The first-order valence-electron chi connectivity index (χ1n) is 3.17. The molecule has 0 atom stereocenters. The third-order valence-electron chi connectivity index (χ3n) is 1.34. The fourth-order valence-electron chi connectivity index (χ4n) is 0.772. The second-order valence-corrected chi connectivity index (χ2v) is 2.19. The molecular formula is C9H9O. The van der Waals surface area contributed by atoms with E-state index in [1.165, 1.54) is 0 Å². The molecule has 0 aliphatic carbocycles. The van der Waals surface area contributed by atoms with Crippen LogP contribution in [0.5, 0.6) is 0 Å². The van der Waals surface area contributed by atoms with E-state index in [1.54, 1.807) is 0 Å². The molecule has 0 spiro atoms. The van der Waals surface area contributed by atoms with Crippen LogP contribution in [0.1, 0.15) is 11.1 Å². The zero-order valence-corrected chi connectivity index (χ0v) is 5.71. The summed E-state index contributed by atoms with van der Waals surface area (Å²) >= 11 is 0. The van der Waals surface area contributed by atoms with Gasteiger partial charge in [-0.3, -0.25) is 0 Å². The number of hydrogen-bond acceptors (Lipinski definition) is 1. The number of rotatable bonds is 2. The van der Waals surface area contributed by atoms with Gasteiger partial charge in [0.05, 0.1) is 0 Å². The van der Waals surface area contributed by atoms with Crippen molar-refractivity contribution in [3.8, 4) is 0 Å². The molecule has 1 radical (unpaired) electrons. The Balaban J connectivity index is 2.78. The minimum Gasteiger partial charge on any atom is -0.303 e. The number of hydrogen-bond donors (Lipinski definition) is 0. The number of aldehydes is 1. The average Bonchev–Trinajstić information content (AvgIpc) is 1.95. The van der Waals surface area contributed by atoms with E-state index in [1.807, 2.05) is 24.3 Å². The van der Waals surface area contributed by atoms with Gasteiger partial charge < -0.3 is 4.79 Å². The Morgan fingerprint density at radius 1 is 1.30 bits per heavy atom. The molecule has 51 valence electrons. The van der Waals surface area contributed by atoms with Crippen molar-refractivity contribution in [1.82, 2.24) is 0 Å². The van der Waals surface area contributed by atoms with Crippen molar-refractivity contribution in [2.24, 2.45) is 0 Å². The van der Waals surface area contributed by atoms with Crippen molar-refractivity contribution in [2.75, 3.05) is 0 Å². The summed E-state index contributed by atoms with van der Waals surface area (Å²) in [4.78, 5) is 10.0. The molecule has 0 bridgehead atoms. The zero-order chi connectivity index (χ0) is 7.40. The van der Waals surface area contributed by atoms with E-state index in [9.17, 15) is 4.79 Å². The molecule has 0 unspecified atom stereocenters. The first kappa shape index (κ1) is 7.00. The molecule has 0 aliphatic rings. The molecule has 0 aromatic heterocycles. The van der Waals surface area contributed by atoms with Crippen LogP contribution in [-0.2, 0) is 11.2 Å². The van der Waals surface area contributed by atoms with Crippen LogP contribution >= 0.6 is 0 Å². The molecule has 0 aliphatic heterocycles. The summed E-state index contributed by atoms with van der Waals surface area (Å²) in [6, 6.07) is 7.63. The van der Waals surface area contributed by atoms with Crippen molar-refractivity contribution >= 4 is 6.29 Å². The van der Waals surface area contributed by atoms with Crippen LogP contribution in [0.3, 0.4) is 0 Å². The second-order valence-electron chi connectivity index (χ2n) is 2.19. The Morgan fingerprint density at radius 2 is 1.90 bits per heavy atom. The van der Waals surface area contributed by atoms with E-state index < -0.39 is 0 Å². The molecule has 0 heterocycles. The van der Waals surface area contributed by atoms with E-state index in [0.29, 0.717) is 6.42 Å². The van der Waals surface area contributed by atoms with Crippen LogP contribution in [-0.4, -0.2) is 6.29 Å². The van der Waals surface area contributed by atoms with Gasteiger partial charge in [0.25, 0.3) is 0 Å². The Morgan fingerprint density at radius 3 is 2.40 bits per heavy atom. The molecular weight excluding hydrogens is 124 g/mol. The predicted molar refractivity (Wildman–Crippen MR) is 40.7 cm³/mol. The van der Waals surface area contributed by atoms with Gasteiger partial charge in [0.1, 0.15) is 6.29 Å². The lowest BCUT2D eigenvalue weighted by Gasteiger charge is -1.93. The Hall–Kier alpha value is -1.11. The summed E-state index contributed by atoms with van der Waals surface area (Å²) in [7, 11) is 0. The van der Waals surface area contributed by atoms with E-state index >= 15 is 0 Å². The van der Waals surface area contributed by atoms with Gasteiger partial charge in [0, 0.05) is 6.42 Å². The molecule has 10 heavy (non-hydrogen) atoms. The molecule has 0 saturated carbocycles. The summed E-state index contributed by atoms with van der Waals surface area (Å²) in [5.74, 6) is 0. The molecule has 1 rings (SSSR count). The molecule has 0 amide bonds. The van der Waals surface area contributed by atoms with Gasteiger partial charge >= 0.3 is 0 Å². The maximum atomic E-state index is 10.0. The van der Waals surface area contributed by atoms with Gasteiger partial charge in [-0.1, -0.05) is 24.3 Å². The average molecular weight is 133 g/mol. The van der Waals surface area contributed by atoms with Crippen LogP contribution in [0.2, 0.25) is 0 Å². The Bertz CT molecular complexity index is 211. The lowest BCUT2D eigenvalue weighted by atomic mass is 10.1. The minimum atomic E-state index is 0.500. The highest BCUT2D eigenvalue weighted by atomic mass is 16.1. The molecule has 0 saturated heterocycles. The molecule has 0 N–H and O–H groups in total. The van der Waals surface area contributed by atoms with Gasteiger partial charge in [-0.2, -0.15) is 0 Å². The molecule has 1 aromatic rings. The van der Waals surface area contributed by atoms with E-state index in [0.717, 1.165) is 17.4 Å². The molecule has 0 fully saturated rings. The summed E-state index contributed by atoms with van der Waals surface area (Å²) in [5, 5.41) is 0. The normalized spacial score (nSPS) is 9.30. The second kappa shape index (κ2) is 3.16. The van der Waals surface area contributed by atoms with Crippen LogP contribution in [0.25, 0.3) is 0 Å². The van der Waals surface area contributed by atoms with Gasteiger partial charge in [0.2, 0.25) is 0 Å². The summed E-state index contributed by atoms with van der Waals surface area (Å²) in [6.45, 7) is 3.73. The maximum Gasteiger partial charge on any atom is 0.124 e. The van der Waals surface area contributed by atoms with E-state index in [4.69, 9.17) is 0 Å². The van der Waals surface area contributed by atoms with Crippen molar-refractivity contribution in [3.05, 3.63) is 42.3 Å². The highest BCUT2D eigenvalue weighted by Crippen LogP contribution is 2.01. The Labute approximate surface area is 60.7 Å². The van der Waals surface area contributed by atoms with Crippen molar-refractivity contribution < 1.29 is 4.79 Å². The zero-order valence-electron chi connectivity index (χ0n) is 5.71. The molecule has 1 aromatic carbocycles. The fourth-order valence-corrected chi connectivity index (χ4v) is 0.772. The Kier molecular flexibility index (Phi) is 2.21. The highest BCUT2D eigenvalue weighted by molar-refractivity contribution is 5.54. The van der Waals surface area contributed by atoms with Crippen LogP contribution in [0.15, 0.2) is 24.3 Å². The van der Waals surface area contributed by atoms with E-state index in [-0.39, 0.29) is 0 Å². The van der Waals surface area contributed by atoms with Gasteiger partial charge in [-0.05, 0) is 18.1 Å². The largest absolute Gasteiger partial charge is 0.303 e. The minimum absolute atomic E-state index is 0.500. The predicted octanol–water partition coefficient (Wildman–Crippen LogP) is 1.61. The summed E-state index contributed by atoms with van der Waals surface area (Å²) in [6.07, 6.45) is 1.40. The van der Waals surface area contributed by atoms with E-state index in [2.05, 4.69) is 6.92 Å². The number of benzene rings is 1. The maximum absolute atomic E-state index is 10.0. The van der Waals surface area contributed by atoms with Crippen LogP contribution in [0.4, 0.5) is 0 Å². The first-order chi connectivity index (χ1) is 4.83. The highest BCUT2D eigenvalue weighted by Gasteiger charge is 1.88. The summed E-state index contributed by atoms with van der Waals surface area (Å²) in [5.41, 5.74) is 2.03. The number of carbonyl (C=O) groups is 1. The quantitative estimate of drug-likeness (QED) is 0.560. The van der Waals surface area contributed by atoms with Crippen molar-refractivity contribution in [1.29, 1.82) is 0 Å². The van der Waals surface area contributed by atoms with Crippen LogP contribution in [0, 0.1) is 6.92 Å². The number of carbonyl (C=O) groups excluding carboxylic acids is 1. The van der Waals surface area contributed by atoms with Gasteiger partial charge in [-0.25, -0.2) is 0 Å². The topological polar surface area (TPSA) is 17.1 Å². The smallest absolute Gasteiger partial charge is 0.124 e. The standard InChI is InChI=1S/C9H9O/c1-8-2-4-9(5-3-8)6-7-10/h2-5,7H,1,6H2. The molecule has 1 nitrogen and oxygen atoms in total. The molecule has 1 heteroatoms. The lowest BCUT2D eigenvalue weighted by Crippen LogP contribution is -1.84. The third kappa shape index (κ3) is 1.69. The monoisotopic (exact) mass is 133 g/mol. The summed E-state index contributed by atoms with van der Waals surface area (Å²) < 4.78 is 0. The van der Waals surface area contributed by atoms with Crippen LogP contribution < -0.4 is 0 Å². The van der Waals surface area contributed by atoms with Gasteiger partial charge in [-0.15, -0.1) is 0 Å². The fraction of sp³-hybridized carbons (Fsp3) is 0.111. The lowest BCUT2D eigenvalue weighted by molar-refractivity contribution is -0.107. The van der Waals surface area contributed by atoms with Gasteiger partial charge in [0.15, 0.2) is 0 Å². The first-order valence-corrected chi connectivity index (χ1v) is 3.17. The third-order valence-corrected chi connectivity index (χ3v) is 1.34. The van der Waals surface area contributed by atoms with Crippen molar-refractivity contribution in [3.63, 3.8) is 0 Å².